The van der Waals surface area contributed by atoms with Gasteiger partial charge in [-0.2, -0.15) is 0 Å². The number of carbonyl (C=O) groups is 1. The Morgan fingerprint density at radius 2 is 2.29 bits per heavy atom. The van der Waals surface area contributed by atoms with Gasteiger partial charge in [0.05, 0.1) is 12.3 Å². The number of amides is 1. The van der Waals surface area contributed by atoms with E-state index in [1.807, 2.05) is 35.8 Å². The molecule has 0 saturated carbocycles. The number of aromatic nitrogens is 3. The van der Waals surface area contributed by atoms with Gasteiger partial charge in [-0.05, 0) is 25.1 Å². The molecule has 0 aliphatic heterocycles. The summed E-state index contributed by atoms with van der Waals surface area (Å²) in [5.74, 6) is 0.917. The first-order valence-electron chi connectivity index (χ1n) is 6.44. The molecule has 2 aromatic rings. The van der Waals surface area contributed by atoms with E-state index in [1.54, 1.807) is 0 Å². The van der Waals surface area contributed by atoms with E-state index in [0.29, 0.717) is 11.7 Å². The second-order valence-electron chi connectivity index (χ2n) is 4.19. The van der Waals surface area contributed by atoms with Crippen molar-refractivity contribution in [3.8, 4) is 0 Å². The summed E-state index contributed by atoms with van der Waals surface area (Å²) in [5.41, 5.74) is 6.35. The topological polar surface area (TPSA) is 85.8 Å². The summed E-state index contributed by atoms with van der Waals surface area (Å²) in [6.45, 7) is 3.06. The summed E-state index contributed by atoms with van der Waals surface area (Å²) in [7, 11) is 0. The van der Waals surface area contributed by atoms with Crippen LogP contribution in [0.25, 0.3) is 0 Å². The number of hydrogen-bond acceptors (Lipinski definition) is 5. The van der Waals surface area contributed by atoms with E-state index in [4.69, 9.17) is 5.73 Å². The van der Waals surface area contributed by atoms with Gasteiger partial charge in [0, 0.05) is 16.7 Å². The maximum Gasteiger partial charge on any atom is 0.234 e. The predicted molar refractivity (Wildman–Crippen MR) is 87.1 cm³/mol. The molecule has 0 saturated heterocycles. The zero-order valence-electron chi connectivity index (χ0n) is 11.5. The first kappa shape index (κ1) is 16.0. The Bertz CT molecular complexity index is 631. The number of nitrogens with two attached hydrogens (primary N) is 1. The molecule has 1 aromatic heterocycles. The van der Waals surface area contributed by atoms with Gasteiger partial charge in [-0.15, -0.1) is 10.2 Å². The van der Waals surface area contributed by atoms with Crippen molar-refractivity contribution in [2.45, 2.75) is 25.2 Å². The lowest BCUT2D eigenvalue weighted by Gasteiger charge is -2.07. The number of nitrogens with one attached hydrogen (secondary N) is 1. The Balaban J connectivity index is 1.94. The molecule has 3 N–H and O–H groups in total. The second kappa shape index (κ2) is 7.58. The van der Waals surface area contributed by atoms with Gasteiger partial charge in [0.15, 0.2) is 5.16 Å². The molecule has 0 aliphatic carbocycles. The van der Waals surface area contributed by atoms with Crippen LogP contribution in [0.5, 0.6) is 0 Å². The van der Waals surface area contributed by atoms with Crippen LogP contribution in [0.3, 0.4) is 0 Å². The van der Waals surface area contributed by atoms with Crippen molar-refractivity contribution in [2.75, 3.05) is 11.1 Å². The molecule has 0 spiro atoms. The molecular formula is C13H16BrN5OS. The van der Waals surface area contributed by atoms with Crippen LogP contribution in [0.4, 0.5) is 5.69 Å². The smallest absolute Gasteiger partial charge is 0.234 e. The molecule has 1 amide bonds. The van der Waals surface area contributed by atoms with Crippen molar-refractivity contribution in [1.29, 1.82) is 0 Å². The Morgan fingerprint density at radius 3 is 2.95 bits per heavy atom. The minimum atomic E-state index is -0.0851. The lowest BCUT2D eigenvalue weighted by Crippen LogP contribution is -2.15. The van der Waals surface area contributed by atoms with Gasteiger partial charge in [-0.1, -0.05) is 33.8 Å². The summed E-state index contributed by atoms with van der Waals surface area (Å²) in [4.78, 5) is 11.9. The van der Waals surface area contributed by atoms with E-state index >= 15 is 0 Å². The summed E-state index contributed by atoms with van der Waals surface area (Å²) in [5, 5.41) is 11.6. The normalized spacial score (nSPS) is 10.6. The zero-order chi connectivity index (χ0) is 15.2. The van der Waals surface area contributed by atoms with Gasteiger partial charge < -0.3 is 15.6 Å². The molecule has 0 bridgehead atoms. The number of benzene rings is 1. The molecule has 1 heterocycles. The van der Waals surface area contributed by atoms with Crippen LogP contribution < -0.4 is 11.1 Å². The summed E-state index contributed by atoms with van der Waals surface area (Å²) in [6, 6.07) is 7.47. The number of carbonyl (C=O) groups excluding carboxylic acids is 1. The zero-order valence-corrected chi connectivity index (χ0v) is 13.9. The molecule has 112 valence electrons. The fourth-order valence-electron chi connectivity index (χ4n) is 1.79. The van der Waals surface area contributed by atoms with E-state index in [2.05, 4.69) is 31.4 Å². The number of hydrogen-bond donors (Lipinski definition) is 2. The maximum atomic E-state index is 11.9. The third-order valence-electron chi connectivity index (χ3n) is 2.73. The van der Waals surface area contributed by atoms with Crippen LogP contribution in [0.1, 0.15) is 12.7 Å². The van der Waals surface area contributed by atoms with E-state index < -0.39 is 0 Å². The Morgan fingerprint density at radius 1 is 1.48 bits per heavy atom. The Kier molecular flexibility index (Phi) is 5.77. The fraction of sp³-hybridized carbons (Fsp3) is 0.308. The van der Waals surface area contributed by atoms with Crippen molar-refractivity contribution < 1.29 is 4.79 Å². The summed E-state index contributed by atoms with van der Waals surface area (Å²) < 4.78 is 2.84. The minimum Gasteiger partial charge on any atom is -0.325 e. The van der Waals surface area contributed by atoms with E-state index in [9.17, 15) is 4.79 Å². The van der Waals surface area contributed by atoms with Crippen LogP contribution in [-0.4, -0.2) is 26.4 Å². The highest BCUT2D eigenvalue weighted by Gasteiger charge is 2.12. The van der Waals surface area contributed by atoms with Crippen LogP contribution in [0.2, 0.25) is 0 Å². The number of halogens is 1. The Labute approximate surface area is 135 Å². The lowest BCUT2D eigenvalue weighted by atomic mass is 10.3. The lowest BCUT2D eigenvalue weighted by molar-refractivity contribution is -0.113. The number of rotatable bonds is 6. The van der Waals surface area contributed by atoms with Gasteiger partial charge >= 0.3 is 0 Å². The van der Waals surface area contributed by atoms with Crippen LogP contribution in [0.15, 0.2) is 33.9 Å². The maximum absolute atomic E-state index is 11.9. The minimum absolute atomic E-state index is 0.0851. The van der Waals surface area contributed by atoms with Crippen molar-refractivity contribution in [3.63, 3.8) is 0 Å². The molecule has 0 atom stereocenters. The number of thioether (sulfide) groups is 1. The molecule has 0 unspecified atom stereocenters. The van der Waals surface area contributed by atoms with Crippen LogP contribution in [0, 0.1) is 0 Å². The van der Waals surface area contributed by atoms with E-state index in [0.717, 1.165) is 22.5 Å². The fourth-order valence-corrected chi connectivity index (χ4v) is 3.01. The van der Waals surface area contributed by atoms with Gasteiger partial charge in [0.1, 0.15) is 5.82 Å². The van der Waals surface area contributed by atoms with Gasteiger partial charge in [0.25, 0.3) is 0 Å². The summed E-state index contributed by atoms with van der Waals surface area (Å²) in [6.07, 6.45) is 0. The highest BCUT2D eigenvalue weighted by molar-refractivity contribution is 9.10. The third kappa shape index (κ3) is 4.29. The average molecular weight is 370 g/mol. The van der Waals surface area contributed by atoms with Crippen molar-refractivity contribution in [1.82, 2.24) is 14.8 Å². The van der Waals surface area contributed by atoms with E-state index in [1.165, 1.54) is 11.8 Å². The van der Waals surface area contributed by atoms with Gasteiger partial charge in [-0.25, -0.2) is 0 Å². The quantitative estimate of drug-likeness (QED) is 0.762. The largest absolute Gasteiger partial charge is 0.325 e. The SMILES string of the molecule is CCn1c(CN)nnc1SCC(=O)Nc1cccc(Br)c1. The van der Waals surface area contributed by atoms with Crippen LogP contribution >= 0.6 is 27.7 Å². The predicted octanol–water partition coefficient (Wildman–Crippen LogP) is 2.25. The monoisotopic (exact) mass is 369 g/mol. The standard InChI is InChI=1S/C13H16BrN5OS/c1-2-19-11(7-15)17-18-13(19)21-8-12(20)16-10-5-3-4-9(14)6-10/h3-6H,2,7-8,15H2,1H3,(H,16,20). The molecule has 0 radical (unpaired) electrons. The van der Waals surface area contributed by atoms with Crippen molar-refractivity contribution in [3.05, 3.63) is 34.6 Å². The molecule has 1 aromatic carbocycles. The first-order chi connectivity index (χ1) is 10.1. The highest BCUT2D eigenvalue weighted by atomic mass is 79.9. The molecular weight excluding hydrogens is 354 g/mol. The second-order valence-corrected chi connectivity index (χ2v) is 6.05. The Hall–Kier alpha value is -1.38. The average Bonchev–Trinajstić information content (AvgIpc) is 2.87. The number of anilines is 1. The van der Waals surface area contributed by atoms with Crippen molar-refractivity contribution >= 4 is 39.3 Å². The molecule has 8 heteroatoms. The van der Waals surface area contributed by atoms with E-state index in [-0.39, 0.29) is 11.7 Å². The third-order valence-corrected chi connectivity index (χ3v) is 4.19. The molecule has 2 rings (SSSR count). The van der Waals surface area contributed by atoms with Crippen molar-refractivity contribution in [2.24, 2.45) is 5.73 Å². The van der Waals surface area contributed by atoms with Gasteiger partial charge in [-0.3, -0.25) is 4.79 Å². The molecule has 0 fully saturated rings. The molecule has 0 aliphatic rings. The highest BCUT2D eigenvalue weighted by Crippen LogP contribution is 2.19. The van der Waals surface area contributed by atoms with Crippen LogP contribution in [-0.2, 0) is 17.9 Å². The molecule has 21 heavy (non-hydrogen) atoms. The first-order valence-corrected chi connectivity index (χ1v) is 8.22. The van der Waals surface area contributed by atoms with Gasteiger partial charge in [0.2, 0.25) is 5.91 Å². The molecule has 6 nitrogen and oxygen atoms in total. The summed E-state index contributed by atoms with van der Waals surface area (Å²) >= 11 is 4.72. The number of nitrogens with zero attached hydrogens (tertiary/aromatic N) is 3.